The van der Waals surface area contributed by atoms with E-state index in [1.165, 1.54) is 17.3 Å². The summed E-state index contributed by atoms with van der Waals surface area (Å²) in [4.78, 5) is 29.2. The number of nitrogens with one attached hydrogen (secondary N) is 3. The zero-order chi connectivity index (χ0) is 23.2. The predicted octanol–water partition coefficient (Wildman–Crippen LogP) is 3.51. The van der Waals surface area contributed by atoms with Crippen molar-refractivity contribution in [3.05, 3.63) is 77.0 Å². The number of thioether (sulfide) groups is 1. The lowest BCUT2D eigenvalue weighted by molar-refractivity contribution is -0.113. The molecule has 0 saturated heterocycles. The van der Waals surface area contributed by atoms with Crippen molar-refractivity contribution in [2.75, 3.05) is 11.1 Å². The van der Waals surface area contributed by atoms with Crippen molar-refractivity contribution in [2.24, 2.45) is 0 Å². The number of aromatic nitrogens is 5. The Morgan fingerprint density at radius 3 is 2.73 bits per heavy atom. The molecule has 0 atom stereocenters. The first kappa shape index (κ1) is 22.4. The third-order valence-electron chi connectivity index (χ3n) is 4.94. The van der Waals surface area contributed by atoms with Gasteiger partial charge in [-0.05, 0) is 42.3 Å². The summed E-state index contributed by atoms with van der Waals surface area (Å²) in [5.41, 5.74) is 2.86. The SMILES string of the molecule is C=CCn1c(COc2ccc(CC)cc2)nnc1SCC(=O)Nc1ccc2[nH]c(=O)[nH]c2c1. The van der Waals surface area contributed by atoms with Crippen LogP contribution in [-0.2, 0) is 24.4 Å². The number of carbonyl (C=O) groups excluding carboxylic acids is 1. The minimum Gasteiger partial charge on any atom is -0.486 e. The molecule has 2 aromatic carbocycles. The van der Waals surface area contributed by atoms with Crippen LogP contribution in [0.4, 0.5) is 5.69 Å². The van der Waals surface area contributed by atoms with Crippen LogP contribution >= 0.6 is 11.8 Å². The van der Waals surface area contributed by atoms with Gasteiger partial charge in [-0.3, -0.25) is 9.36 Å². The van der Waals surface area contributed by atoms with Crippen LogP contribution in [0.5, 0.6) is 5.75 Å². The molecule has 0 aliphatic heterocycles. The van der Waals surface area contributed by atoms with E-state index in [2.05, 4.69) is 39.0 Å². The molecule has 4 rings (SSSR count). The maximum Gasteiger partial charge on any atom is 0.323 e. The molecule has 4 aromatic rings. The van der Waals surface area contributed by atoms with Gasteiger partial charge >= 0.3 is 5.69 Å². The monoisotopic (exact) mass is 464 g/mol. The maximum absolute atomic E-state index is 12.5. The Morgan fingerprint density at radius 2 is 1.97 bits per heavy atom. The highest BCUT2D eigenvalue weighted by molar-refractivity contribution is 7.99. The fourth-order valence-electron chi connectivity index (χ4n) is 3.25. The lowest BCUT2D eigenvalue weighted by atomic mass is 10.2. The summed E-state index contributed by atoms with van der Waals surface area (Å²) in [5.74, 6) is 1.36. The van der Waals surface area contributed by atoms with Gasteiger partial charge in [-0.25, -0.2) is 4.79 Å². The quantitative estimate of drug-likeness (QED) is 0.244. The van der Waals surface area contributed by atoms with Gasteiger partial charge in [0.1, 0.15) is 12.4 Å². The Labute approximate surface area is 194 Å². The summed E-state index contributed by atoms with van der Waals surface area (Å²) in [6, 6.07) is 13.1. The smallest absolute Gasteiger partial charge is 0.323 e. The summed E-state index contributed by atoms with van der Waals surface area (Å²) in [6.07, 6.45) is 2.72. The van der Waals surface area contributed by atoms with Gasteiger partial charge in [0, 0.05) is 12.2 Å². The largest absolute Gasteiger partial charge is 0.486 e. The first-order valence-corrected chi connectivity index (χ1v) is 11.4. The number of aromatic amines is 2. The van der Waals surface area contributed by atoms with Crippen molar-refractivity contribution in [3.8, 4) is 5.75 Å². The number of imidazole rings is 1. The van der Waals surface area contributed by atoms with E-state index in [4.69, 9.17) is 4.74 Å². The van der Waals surface area contributed by atoms with Gasteiger partial charge in [0.2, 0.25) is 5.91 Å². The third kappa shape index (κ3) is 5.53. The highest BCUT2D eigenvalue weighted by Gasteiger charge is 2.14. The summed E-state index contributed by atoms with van der Waals surface area (Å²) in [6.45, 7) is 6.67. The number of carbonyl (C=O) groups is 1. The molecule has 3 N–H and O–H groups in total. The van der Waals surface area contributed by atoms with Crippen molar-refractivity contribution in [2.45, 2.75) is 31.7 Å². The number of amides is 1. The molecule has 9 nitrogen and oxygen atoms in total. The zero-order valence-corrected chi connectivity index (χ0v) is 18.9. The Morgan fingerprint density at radius 1 is 1.18 bits per heavy atom. The highest BCUT2D eigenvalue weighted by Crippen LogP contribution is 2.20. The molecule has 0 bridgehead atoms. The van der Waals surface area contributed by atoms with Crippen molar-refractivity contribution in [1.82, 2.24) is 24.7 Å². The number of rotatable bonds is 10. The number of benzene rings is 2. The van der Waals surface area contributed by atoms with Crippen LogP contribution in [-0.4, -0.2) is 36.4 Å². The Balaban J connectivity index is 1.37. The predicted molar refractivity (Wildman–Crippen MR) is 129 cm³/mol. The van der Waals surface area contributed by atoms with E-state index in [1.54, 1.807) is 24.3 Å². The second kappa shape index (κ2) is 10.2. The number of allylic oxidation sites excluding steroid dienone is 1. The average molecular weight is 465 g/mol. The number of nitrogens with zero attached hydrogens (tertiary/aromatic N) is 3. The minimum atomic E-state index is -0.289. The van der Waals surface area contributed by atoms with Gasteiger partial charge < -0.3 is 20.0 Å². The van der Waals surface area contributed by atoms with E-state index < -0.39 is 0 Å². The molecule has 33 heavy (non-hydrogen) atoms. The number of aryl methyl sites for hydroxylation is 1. The van der Waals surface area contributed by atoms with Crippen LogP contribution in [0.3, 0.4) is 0 Å². The number of hydrogen-bond donors (Lipinski definition) is 3. The van der Waals surface area contributed by atoms with Crippen molar-refractivity contribution < 1.29 is 9.53 Å². The Kier molecular flexibility index (Phi) is 6.94. The van der Waals surface area contributed by atoms with E-state index in [0.29, 0.717) is 34.2 Å². The average Bonchev–Trinajstić information content (AvgIpc) is 3.38. The van der Waals surface area contributed by atoms with E-state index in [-0.39, 0.29) is 24.0 Å². The first-order valence-electron chi connectivity index (χ1n) is 10.4. The van der Waals surface area contributed by atoms with Gasteiger partial charge in [-0.15, -0.1) is 16.8 Å². The number of hydrogen-bond acceptors (Lipinski definition) is 6. The second-order valence-corrected chi connectivity index (χ2v) is 8.20. The molecule has 0 fully saturated rings. The number of H-pyrrole nitrogens is 2. The lowest BCUT2D eigenvalue weighted by Gasteiger charge is -2.10. The number of anilines is 1. The second-order valence-electron chi connectivity index (χ2n) is 7.26. The summed E-state index contributed by atoms with van der Waals surface area (Å²) < 4.78 is 7.74. The van der Waals surface area contributed by atoms with Gasteiger partial charge in [0.15, 0.2) is 11.0 Å². The van der Waals surface area contributed by atoms with Crippen LogP contribution in [0, 0.1) is 0 Å². The van der Waals surface area contributed by atoms with Crippen molar-refractivity contribution in [1.29, 1.82) is 0 Å². The number of ether oxygens (including phenoxy) is 1. The molecule has 0 aliphatic carbocycles. The maximum atomic E-state index is 12.5. The lowest BCUT2D eigenvalue weighted by Crippen LogP contribution is -2.15. The molecule has 0 unspecified atom stereocenters. The summed E-state index contributed by atoms with van der Waals surface area (Å²) in [7, 11) is 0. The standard InChI is InChI=1S/C23H24N6O3S/c1-3-11-29-20(13-32-17-8-5-15(4-2)6-9-17)27-28-23(29)33-14-21(30)24-16-7-10-18-19(12-16)26-22(31)25-18/h3,5-10,12H,1,4,11,13-14H2,2H3,(H,24,30)(H2,25,26,31). The van der Waals surface area contributed by atoms with Gasteiger partial charge in [-0.2, -0.15) is 0 Å². The molecular formula is C23H24N6O3S. The van der Waals surface area contributed by atoms with Crippen LogP contribution < -0.4 is 15.7 Å². The zero-order valence-electron chi connectivity index (χ0n) is 18.1. The van der Waals surface area contributed by atoms with E-state index in [9.17, 15) is 9.59 Å². The molecule has 1 amide bonds. The molecular weight excluding hydrogens is 440 g/mol. The third-order valence-corrected chi connectivity index (χ3v) is 5.90. The Hall–Kier alpha value is -3.79. The van der Waals surface area contributed by atoms with Gasteiger partial charge in [-0.1, -0.05) is 36.9 Å². The van der Waals surface area contributed by atoms with Crippen LogP contribution in [0.25, 0.3) is 11.0 Å². The molecule has 0 radical (unpaired) electrons. The molecule has 10 heteroatoms. The van der Waals surface area contributed by atoms with E-state index in [0.717, 1.165) is 12.2 Å². The molecule has 0 spiro atoms. The van der Waals surface area contributed by atoms with E-state index in [1.807, 2.05) is 28.8 Å². The Bertz CT molecular complexity index is 1320. The highest BCUT2D eigenvalue weighted by atomic mass is 32.2. The normalized spacial score (nSPS) is 10.9. The molecule has 0 aliphatic rings. The van der Waals surface area contributed by atoms with Crippen LogP contribution in [0.15, 0.2) is 65.1 Å². The fraction of sp³-hybridized carbons (Fsp3) is 0.217. The van der Waals surface area contributed by atoms with Gasteiger partial charge in [0.25, 0.3) is 0 Å². The summed E-state index contributed by atoms with van der Waals surface area (Å²) in [5, 5.41) is 11.9. The van der Waals surface area contributed by atoms with E-state index >= 15 is 0 Å². The van der Waals surface area contributed by atoms with Crippen molar-refractivity contribution in [3.63, 3.8) is 0 Å². The fourth-order valence-corrected chi connectivity index (χ4v) is 4.02. The molecule has 2 heterocycles. The molecule has 0 saturated carbocycles. The van der Waals surface area contributed by atoms with Crippen LogP contribution in [0.1, 0.15) is 18.3 Å². The topological polar surface area (TPSA) is 118 Å². The van der Waals surface area contributed by atoms with Crippen LogP contribution in [0.2, 0.25) is 0 Å². The van der Waals surface area contributed by atoms with Crippen molar-refractivity contribution >= 4 is 34.4 Å². The molecule has 170 valence electrons. The van der Waals surface area contributed by atoms with Gasteiger partial charge in [0.05, 0.1) is 16.8 Å². The minimum absolute atomic E-state index is 0.149. The summed E-state index contributed by atoms with van der Waals surface area (Å²) >= 11 is 1.28. The molecule has 2 aromatic heterocycles. The first-order chi connectivity index (χ1) is 16.1. The number of fused-ring (bicyclic) bond motifs is 1.